The third-order valence-corrected chi connectivity index (χ3v) is 6.49. The first-order chi connectivity index (χ1) is 8.88. The first-order valence-electron chi connectivity index (χ1n) is 6.63. The van der Waals surface area contributed by atoms with Gasteiger partial charge < -0.3 is 10.6 Å². The lowest BCUT2D eigenvalue weighted by Gasteiger charge is -2.28. The van der Waals surface area contributed by atoms with Crippen LogP contribution in [0.5, 0.6) is 0 Å². The summed E-state index contributed by atoms with van der Waals surface area (Å²) in [6.45, 7) is 6.86. The summed E-state index contributed by atoms with van der Waals surface area (Å²) in [4.78, 5) is 2.42. The molecule has 0 amide bonds. The molecule has 1 atom stereocenters. The lowest BCUT2D eigenvalue weighted by Crippen LogP contribution is -2.33. The van der Waals surface area contributed by atoms with Crippen molar-refractivity contribution in [1.82, 2.24) is 4.37 Å². The minimum atomic E-state index is -3.32. The van der Waals surface area contributed by atoms with E-state index in [1.54, 1.807) is 6.92 Å². The highest BCUT2D eigenvalue weighted by Gasteiger charge is 2.34. The predicted octanol–water partition coefficient (Wildman–Crippen LogP) is 2.14. The zero-order valence-electron chi connectivity index (χ0n) is 11.6. The van der Waals surface area contributed by atoms with Gasteiger partial charge in [0.1, 0.15) is 9.90 Å². The second-order valence-corrected chi connectivity index (χ2v) is 8.22. The Bertz CT molecular complexity index is 551. The average Bonchev–Trinajstić information content (AvgIpc) is 2.94. The number of nitrogen functional groups attached to an aromatic ring is 1. The number of sulfone groups is 1. The second kappa shape index (κ2) is 5.28. The lowest BCUT2D eigenvalue weighted by atomic mass is 10.0. The number of nitrogens with two attached hydrogens (primary N) is 1. The van der Waals surface area contributed by atoms with Gasteiger partial charge >= 0.3 is 0 Å². The van der Waals surface area contributed by atoms with E-state index in [-0.39, 0.29) is 16.5 Å². The SMILES string of the molecule is CCS(=O)(=O)c1c(N)nsc1N1CCCC1C(C)C. The van der Waals surface area contributed by atoms with Gasteiger partial charge in [-0.1, -0.05) is 20.8 Å². The molecule has 0 bridgehead atoms. The molecule has 1 aliphatic heterocycles. The maximum atomic E-state index is 12.2. The summed E-state index contributed by atoms with van der Waals surface area (Å²) in [5.74, 6) is 0.697. The van der Waals surface area contributed by atoms with Gasteiger partial charge in [-0.3, -0.25) is 0 Å². The number of aromatic nitrogens is 1. The largest absolute Gasteiger partial charge is 0.382 e. The van der Waals surface area contributed by atoms with Gasteiger partial charge in [-0.25, -0.2) is 8.42 Å². The monoisotopic (exact) mass is 303 g/mol. The summed E-state index contributed by atoms with van der Waals surface area (Å²) < 4.78 is 28.5. The number of nitrogens with zero attached hydrogens (tertiary/aromatic N) is 2. The molecule has 1 aromatic rings. The molecule has 1 aromatic heterocycles. The average molecular weight is 303 g/mol. The van der Waals surface area contributed by atoms with Gasteiger partial charge in [0.15, 0.2) is 15.7 Å². The maximum absolute atomic E-state index is 12.2. The van der Waals surface area contributed by atoms with E-state index in [1.165, 1.54) is 11.5 Å². The topological polar surface area (TPSA) is 76.3 Å². The normalized spacial score (nSPS) is 20.4. The van der Waals surface area contributed by atoms with Crippen molar-refractivity contribution in [3.63, 3.8) is 0 Å². The van der Waals surface area contributed by atoms with Crippen molar-refractivity contribution in [2.45, 2.75) is 44.6 Å². The Morgan fingerprint density at radius 1 is 1.53 bits per heavy atom. The molecular weight excluding hydrogens is 282 g/mol. The van der Waals surface area contributed by atoms with Crippen LogP contribution < -0.4 is 10.6 Å². The molecule has 2 rings (SSSR count). The standard InChI is InChI=1S/C12H21N3O2S2/c1-4-19(16,17)10-11(13)14-18-12(10)15-7-5-6-9(15)8(2)3/h8-9H,4-7H2,1-3H3,(H2,13,14). The zero-order chi connectivity index (χ0) is 14.2. The molecule has 19 heavy (non-hydrogen) atoms. The molecule has 0 aromatic carbocycles. The van der Waals surface area contributed by atoms with E-state index in [0.29, 0.717) is 12.0 Å². The Labute approximate surface area is 118 Å². The molecule has 5 nitrogen and oxygen atoms in total. The van der Waals surface area contributed by atoms with Gasteiger partial charge in [-0.2, -0.15) is 4.37 Å². The van der Waals surface area contributed by atoms with Crippen LogP contribution in [0.4, 0.5) is 10.8 Å². The van der Waals surface area contributed by atoms with Gasteiger partial charge in [0.2, 0.25) is 0 Å². The van der Waals surface area contributed by atoms with Gasteiger partial charge in [-0.05, 0) is 30.3 Å². The van der Waals surface area contributed by atoms with E-state index in [9.17, 15) is 8.42 Å². The fourth-order valence-electron chi connectivity index (χ4n) is 2.64. The number of anilines is 2. The quantitative estimate of drug-likeness (QED) is 0.922. The molecule has 0 radical (unpaired) electrons. The van der Waals surface area contributed by atoms with Crippen LogP contribution in [0.15, 0.2) is 4.90 Å². The van der Waals surface area contributed by atoms with Crippen molar-refractivity contribution in [2.24, 2.45) is 5.92 Å². The summed E-state index contributed by atoms with van der Waals surface area (Å²) in [6, 6.07) is 0.380. The van der Waals surface area contributed by atoms with Crippen LogP contribution in [0, 0.1) is 5.92 Å². The van der Waals surface area contributed by atoms with Crippen LogP contribution in [0.2, 0.25) is 0 Å². The van der Waals surface area contributed by atoms with Crippen molar-refractivity contribution >= 4 is 32.2 Å². The van der Waals surface area contributed by atoms with E-state index in [4.69, 9.17) is 5.73 Å². The lowest BCUT2D eigenvalue weighted by molar-refractivity contribution is 0.492. The summed E-state index contributed by atoms with van der Waals surface area (Å²) in [7, 11) is -3.32. The Balaban J connectivity index is 2.47. The van der Waals surface area contributed by atoms with E-state index in [2.05, 4.69) is 23.1 Å². The van der Waals surface area contributed by atoms with E-state index in [1.807, 2.05) is 0 Å². The Morgan fingerprint density at radius 2 is 2.21 bits per heavy atom. The summed E-state index contributed by atoms with van der Waals surface area (Å²) in [5.41, 5.74) is 5.79. The molecule has 1 aliphatic rings. The Hall–Kier alpha value is -0.820. The highest BCUT2D eigenvalue weighted by atomic mass is 32.2. The highest BCUT2D eigenvalue weighted by Crippen LogP contribution is 2.40. The summed E-state index contributed by atoms with van der Waals surface area (Å²) >= 11 is 1.21. The van der Waals surface area contributed by atoms with Crippen molar-refractivity contribution in [2.75, 3.05) is 22.9 Å². The molecule has 7 heteroatoms. The first kappa shape index (κ1) is 14.6. The fraction of sp³-hybridized carbons (Fsp3) is 0.750. The van der Waals surface area contributed by atoms with E-state index >= 15 is 0 Å². The van der Waals surface area contributed by atoms with Crippen molar-refractivity contribution in [1.29, 1.82) is 0 Å². The Morgan fingerprint density at radius 3 is 2.79 bits per heavy atom. The summed E-state index contributed by atoms with van der Waals surface area (Å²) in [6.07, 6.45) is 2.19. The van der Waals surface area contributed by atoms with Gasteiger partial charge in [-0.15, -0.1) is 0 Å². The van der Waals surface area contributed by atoms with Crippen molar-refractivity contribution in [3.05, 3.63) is 0 Å². The molecule has 1 saturated heterocycles. The highest BCUT2D eigenvalue weighted by molar-refractivity contribution is 7.91. The first-order valence-corrected chi connectivity index (χ1v) is 9.05. The zero-order valence-corrected chi connectivity index (χ0v) is 13.2. The van der Waals surface area contributed by atoms with Crippen LogP contribution in [0.1, 0.15) is 33.6 Å². The minimum Gasteiger partial charge on any atom is -0.382 e. The van der Waals surface area contributed by atoms with E-state index < -0.39 is 9.84 Å². The van der Waals surface area contributed by atoms with Gasteiger partial charge in [0.25, 0.3) is 0 Å². The van der Waals surface area contributed by atoms with Gasteiger partial charge in [0.05, 0.1) is 5.75 Å². The fourth-order valence-corrected chi connectivity index (χ4v) is 5.02. The number of hydrogen-bond acceptors (Lipinski definition) is 6. The molecular formula is C12H21N3O2S2. The van der Waals surface area contributed by atoms with Gasteiger partial charge in [0, 0.05) is 12.6 Å². The molecule has 0 spiro atoms. The van der Waals surface area contributed by atoms with Crippen LogP contribution in [-0.2, 0) is 9.84 Å². The molecule has 0 saturated carbocycles. The molecule has 1 unspecified atom stereocenters. The third kappa shape index (κ3) is 2.58. The number of rotatable bonds is 4. The summed E-state index contributed by atoms with van der Waals surface area (Å²) in [5, 5.41) is 0.732. The molecule has 108 valence electrons. The maximum Gasteiger partial charge on any atom is 0.184 e. The van der Waals surface area contributed by atoms with Crippen LogP contribution in [0.3, 0.4) is 0 Å². The third-order valence-electron chi connectivity index (χ3n) is 3.68. The molecule has 1 fully saturated rings. The smallest absolute Gasteiger partial charge is 0.184 e. The molecule has 0 aliphatic carbocycles. The van der Waals surface area contributed by atoms with Crippen LogP contribution in [0.25, 0.3) is 0 Å². The molecule has 2 N–H and O–H groups in total. The van der Waals surface area contributed by atoms with E-state index in [0.717, 1.165) is 24.4 Å². The number of hydrogen-bond donors (Lipinski definition) is 1. The van der Waals surface area contributed by atoms with Crippen molar-refractivity contribution in [3.8, 4) is 0 Å². The van der Waals surface area contributed by atoms with Crippen molar-refractivity contribution < 1.29 is 8.42 Å². The molecule has 2 heterocycles. The Kier molecular flexibility index (Phi) is 4.06. The van der Waals surface area contributed by atoms with Crippen LogP contribution >= 0.6 is 11.5 Å². The second-order valence-electron chi connectivity index (χ2n) is 5.25. The minimum absolute atomic E-state index is 0.0583. The van der Waals surface area contributed by atoms with Crippen LogP contribution in [-0.4, -0.2) is 31.1 Å². The predicted molar refractivity (Wildman–Crippen MR) is 79.5 cm³/mol.